The lowest BCUT2D eigenvalue weighted by Crippen LogP contribution is -2.82. The van der Waals surface area contributed by atoms with Crippen molar-refractivity contribution in [3.8, 4) is 34.5 Å². The second kappa shape index (κ2) is 14.3. The molecule has 0 saturated carbocycles. The summed E-state index contributed by atoms with van der Waals surface area (Å²) in [4.78, 5) is 65.7. The second-order valence-electron chi connectivity index (χ2n) is 10.6. The van der Waals surface area contributed by atoms with Gasteiger partial charge in [0.2, 0.25) is 17.0 Å². The van der Waals surface area contributed by atoms with Gasteiger partial charge in [0.15, 0.2) is 52.2 Å². The van der Waals surface area contributed by atoms with Crippen molar-refractivity contribution in [2.75, 3.05) is 0 Å². The third-order valence-corrected chi connectivity index (χ3v) is 7.38. The van der Waals surface area contributed by atoms with Crippen LogP contribution >= 0.6 is 0 Å². The first kappa shape index (κ1) is 37.9. The standard InChI is InChI=1S/C33H28O17/c34-19-7-1-16(13-22(19)37)4-10-25(40)31(48,28(43)29(44)45)33(50,27(42)12-6-18-3-9-21(36)24(39)15-18)32(49,30(46)47)26(41)11-5-17-2-8-20(35)23(38)14-17/h1-15,28,34-39,43,48-50H,(H,44,45)(H,46,47)/b10-4+,11-5+,12-6+/t28-,31-,32+,33+/m1/s1. The molecule has 0 unspecified atom stereocenters. The zero-order chi connectivity index (χ0) is 37.8. The van der Waals surface area contributed by atoms with Gasteiger partial charge in [-0.3, -0.25) is 14.4 Å². The van der Waals surface area contributed by atoms with Crippen LogP contribution in [0.15, 0.2) is 72.8 Å². The fraction of sp³-hybridized carbons (Fsp3) is 0.121. The number of phenols is 6. The lowest BCUT2D eigenvalue weighted by molar-refractivity contribution is -0.247. The van der Waals surface area contributed by atoms with Gasteiger partial charge in [-0.05, 0) is 71.3 Å². The van der Waals surface area contributed by atoms with Crippen LogP contribution in [0.3, 0.4) is 0 Å². The van der Waals surface area contributed by atoms with E-state index in [0.29, 0.717) is 18.2 Å². The first-order valence-electron chi connectivity index (χ1n) is 13.8. The Labute approximate surface area is 279 Å². The number of ketones is 3. The van der Waals surface area contributed by atoms with E-state index in [9.17, 15) is 85.3 Å². The molecule has 0 amide bonds. The molecule has 0 heterocycles. The van der Waals surface area contributed by atoms with E-state index in [-0.39, 0.29) is 34.9 Å². The first-order chi connectivity index (χ1) is 23.2. The van der Waals surface area contributed by atoms with Gasteiger partial charge >= 0.3 is 11.9 Å². The molecule has 12 N–H and O–H groups in total. The number of aromatic hydroxyl groups is 6. The Morgan fingerprint density at radius 1 is 0.520 bits per heavy atom. The van der Waals surface area contributed by atoms with Gasteiger partial charge in [-0.25, -0.2) is 9.59 Å². The molecule has 17 heteroatoms. The molecule has 50 heavy (non-hydrogen) atoms. The maximum atomic E-state index is 13.8. The van der Waals surface area contributed by atoms with Crippen molar-refractivity contribution in [1.29, 1.82) is 0 Å². The molecule has 0 aromatic heterocycles. The van der Waals surface area contributed by atoms with Crippen LogP contribution in [0.4, 0.5) is 0 Å². The number of benzene rings is 3. The van der Waals surface area contributed by atoms with Crippen LogP contribution in [0, 0.1) is 0 Å². The summed E-state index contributed by atoms with van der Waals surface area (Å²) in [6.07, 6.45) is -1.12. The van der Waals surface area contributed by atoms with Crippen LogP contribution in [-0.2, 0) is 24.0 Å². The summed E-state index contributed by atoms with van der Waals surface area (Å²) in [5.74, 6) is -16.2. The number of aliphatic hydroxyl groups is 4. The largest absolute Gasteiger partial charge is 0.504 e. The number of carbonyl (C=O) groups excluding carboxylic acids is 3. The summed E-state index contributed by atoms with van der Waals surface area (Å²) in [6, 6.07) is 8.42. The molecule has 17 nitrogen and oxygen atoms in total. The maximum Gasteiger partial charge on any atom is 0.347 e. The number of carboxylic acids is 2. The third-order valence-electron chi connectivity index (χ3n) is 7.38. The fourth-order valence-corrected chi connectivity index (χ4v) is 4.59. The van der Waals surface area contributed by atoms with E-state index in [1.54, 1.807) is 0 Å². The zero-order valence-electron chi connectivity index (χ0n) is 25.1. The Hall–Kier alpha value is -6.53. The molecule has 262 valence electrons. The van der Waals surface area contributed by atoms with Crippen molar-refractivity contribution < 1.29 is 85.3 Å². The van der Waals surface area contributed by atoms with Gasteiger partial charge in [0, 0.05) is 0 Å². The van der Waals surface area contributed by atoms with Gasteiger partial charge in [0.05, 0.1) is 0 Å². The zero-order valence-corrected chi connectivity index (χ0v) is 25.1. The van der Waals surface area contributed by atoms with Crippen molar-refractivity contribution in [2.45, 2.75) is 22.9 Å². The highest BCUT2D eigenvalue weighted by molar-refractivity contribution is 6.23. The van der Waals surface area contributed by atoms with E-state index in [0.717, 1.165) is 54.6 Å². The molecular weight excluding hydrogens is 668 g/mol. The summed E-state index contributed by atoms with van der Waals surface area (Å²) in [5, 5.41) is 123. The van der Waals surface area contributed by atoms with Gasteiger partial charge in [0.25, 0.3) is 5.60 Å². The van der Waals surface area contributed by atoms with Crippen LogP contribution in [-0.4, -0.2) is 113 Å². The summed E-state index contributed by atoms with van der Waals surface area (Å²) in [7, 11) is 0. The molecule has 0 aliphatic rings. The Balaban J connectivity index is 2.35. The molecule has 0 saturated heterocycles. The van der Waals surface area contributed by atoms with E-state index in [4.69, 9.17) is 0 Å². The molecule has 3 aromatic rings. The highest BCUT2D eigenvalue weighted by Crippen LogP contribution is 2.41. The predicted molar refractivity (Wildman–Crippen MR) is 168 cm³/mol. The summed E-state index contributed by atoms with van der Waals surface area (Å²) < 4.78 is 0. The molecular formula is C33H28O17. The minimum Gasteiger partial charge on any atom is -0.504 e. The van der Waals surface area contributed by atoms with Crippen molar-refractivity contribution in [3.05, 3.63) is 89.5 Å². The van der Waals surface area contributed by atoms with E-state index in [1.165, 1.54) is 0 Å². The first-order valence-corrected chi connectivity index (χ1v) is 13.8. The van der Waals surface area contributed by atoms with Gasteiger partial charge in [-0.15, -0.1) is 0 Å². The fourth-order valence-electron chi connectivity index (χ4n) is 4.59. The minimum atomic E-state index is -4.85. The van der Waals surface area contributed by atoms with Gasteiger partial charge < -0.3 is 61.3 Å². The SMILES string of the molecule is O=C(O)[C@@H](O)[C@](O)(C(=O)/C=C/c1ccc(O)c(O)c1)[C@@](O)(C(=O)/C=C/c1ccc(O)c(O)c1)[C@@](O)(C(=O)O)C(=O)/C=C/c1ccc(O)c(O)c1. The topological polar surface area (TPSA) is 328 Å². The van der Waals surface area contributed by atoms with Gasteiger partial charge in [-0.2, -0.15) is 0 Å². The Morgan fingerprint density at radius 2 is 0.860 bits per heavy atom. The number of hydrogen-bond acceptors (Lipinski definition) is 15. The van der Waals surface area contributed by atoms with Gasteiger partial charge in [-0.1, -0.05) is 36.4 Å². The summed E-state index contributed by atoms with van der Waals surface area (Å²) >= 11 is 0. The van der Waals surface area contributed by atoms with Crippen molar-refractivity contribution in [3.63, 3.8) is 0 Å². The molecule has 0 aliphatic carbocycles. The number of carboxylic acid groups (broad SMARTS) is 2. The monoisotopic (exact) mass is 696 g/mol. The van der Waals surface area contributed by atoms with E-state index >= 15 is 0 Å². The normalized spacial score (nSPS) is 16.0. The van der Waals surface area contributed by atoms with E-state index in [2.05, 4.69) is 0 Å². The number of aliphatic carboxylic acids is 2. The Morgan fingerprint density at radius 3 is 1.18 bits per heavy atom. The average molecular weight is 697 g/mol. The maximum absolute atomic E-state index is 13.8. The van der Waals surface area contributed by atoms with Gasteiger partial charge in [0.1, 0.15) is 0 Å². The van der Waals surface area contributed by atoms with Crippen LogP contribution in [0.5, 0.6) is 34.5 Å². The molecule has 0 spiro atoms. The number of phenolic OH excluding ortho intramolecular Hbond substituents is 6. The minimum absolute atomic E-state index is 0.156. The van der Waals surface area contributed by atoms with Crippen LogP contribution in [0.25, 0.3) is 18.2 Å². The van der Waals surface area contributed by atoms with Crippen molar-refractivity contribution >= 4 is 47.5 Å². The highest BCUT2D eigenvalue weighted by Gasteiger charge is 2.77. The number of rotatable bonds is 14. The van der Waals surface area contributed by atoms with Crippen LogP contribution in [0.1, 0.15) is 16.7 Å². The lowest BCUT2D eigenvalue weighted by Gasteiger charge is -2.47. The van der Waals surface area contributed by atoms with Crippen molar-refractivity contribution in [2.24, 2.45) is 0 Å². The average Bonchev–Trinajstić information content (AvgIpc) is 3.07. The molecule has 0 fully saturated rings. The molecule has 3 aromatic carbocycles. The summed E-state index contributed by atoms with van der Waals surface area (Å²) in [5.41, 5.74) is -14.8. The summed E-state index contributed by atoms with van der Waals surface area (Å²) in [6.45, 7) is 0. The number of carbonyl (C=O) groups is 5. The Bertz CT molecular complexity index is 1960. The van der Waals surface area contributed by atoms with Crippen LogP contribution in [0.2, 0.25) is 0 Å². The third kappa shape index (κ3) is 6.86. The quantitative estimate of drug-likeness (QED) is 0.0589. The van der Waals surface area contributed by atoms with E-state index < -0.39 is 86.7 Å². The second-order valence-corrected chi connectivity index (χ2v) is 10.6. The smallest absolute Gasteiger partial charge is 0.347 e. The Kier molecular flexibility index (Phi) is 10.8. The highest BCUT2D eigenvalue weighted by atomic mass is 16.5. The predicted octanol–water partition coefficient (Wildman–Crippen LogP) is -0.209. The molecule has 0 bridgehead atoms. The van der Waals surface area contributed by atoms with Crippen molar-refractivity contribution in [1.82, 2.24) is 0 Å². The molecule has 3 rings (SSSR count). The molecule has 0 radical (unpaired) electrons. The molecule has 0 aliphatic heterocycles. The van der Waals surface area contributed by atoms with Crippen LogP contribution < -0.4 is 0 Å². The molecule has 4 atom stereocenters. The lowest BCUT2D eigenvalue weighted by atomic mass is 9.62. The number of hydrogen-bond donors (Lipinski definition) is 12. The number of aliphatic hydroxyl groups excluding tert-OH is 1. The van der Waals surface area contributed by atoms with E-state index in [1.807, 2.05) is 0 Å².